The van der Waals surface area contributed by atoms with E-state index in [1.54, 1.807) is 9.47 Å². The van der Waals surface area contributed by atoms with E-state index in [9.17, 15) is 9.59 Å². The zero-order valence-electron chi connectivity index (χ0n) is 13.8. The van der Waals surface area contributed by atoms with E-state index in [1.807, 2.05) is 30.3 Å². The lowest BCUT2D eigenvalue weighted by atomic mass is 10.1. The molecule has 2 aromatic heterocycles. The number of amides is 2. The summed E-state index contributed by atoms with van der Waals surface area (Å²) in [6.45, 7) is 1.18. The molecule has 0 spiro atoms. The van der Waals surface area contributed by atoms with Gasteiger partial charge >= 0.3 is 0 Å². The smallest absolute Gasteiger partial charge is 0.266 e. The Morgan fingerprint density at radius 3 is 2.65 bits per heavy atom. The van der Waals surface area contributed by atoms with Gasteiger partial charge in [-0.1, -0.05) is 30.3 Å². The zero-order valence-corrected chi connectivity index (χ0v) is 13.8. The summed E-state index contributed by atoms with van der Waals surface area (Å²) >= 11 is 0. The Bertz CT molecular complexity index is 935. The van der Waals surface area contributed by atoms with Crippen LogP contribution in [0.3, 0.4) is 0 Å². The summed E-state index contributed by atoms with van der Waals surface area (Å²) in [5.74, 6) is -0.0420. The Hall–Kier alpha value is -3.56. The molecule has 0 saturated heterocycles. The summed E-state index contributed by atoms with van der Waals surface area (Å²) in [7, 11) is 0. The van der Waals surface area contributed by atoms with Crippen LogP contribution < -0.4 is 5.73 Å². The van der Waals surface area contributed by atoms with Crippen LogP contribution in [0.2, 0.25) is 0 Å². The Labute approximate surface area is 148 Å². The Kier molecular flexibility index (Phi) is 3.92. The van der Waals surface area contributed by atoms with Crippen molar-refractivity contribution >= 4 is 11.8 Å². The lowest BCUT2D eigenvalue weighted by Gasteiger charge is -2.31. The number of rotatable bonds is 4. The fraction of sp³-hybridized carbons (Fsp3) is 0.250. The highest BCUT2D eigenvalue weighted by Crippen LogP contribution is 2.23. The van der Waals surface area contributed by atoms with Crippen molar-refractivity contribution in [2.75, 3.05) is 6.54 Å². The van der Waals surface area contributed by atoms with Gasteiger partial charge in [0.2, 0.25) is 0 Å². The molecule has 0 aliphatic carbocycles. The van der Waals surface area contributed by atoms with Crippen LogP contribution in [0.4, 0.5) is 0 Å². The van der Waals surface area contributed by atoms with Crippen LogP contribution in [0, 0.1) is 0 Å². The zero-order chi connectivity index (χ0) is 18.1. The van der Waals surface area contributed by atoms with Gasteiger partial charge in [-0.2, -0.15) is 0 Å². The van der Waals surface area contributed by atoms with Crippen molar-refractivity contribution in [3.63, 3.8) is 0 Å². The van der Waals surface area contributed by atoms with E-state index in [2.05, 4.69) is 20.5 Å². The number of carbonyl (C=O) groups excluding carboxylic acids is 2. The van der Waals surface area contributed by atoms with Crippen molar-refractivity contribution in [2.45, 2.75) is 19.1 Å². The third-order valence-corrected chi connectivity index (χ3v) is 4.41. The number of tetrazole rings is 1. The summed E-state index contributed by atoms with van der Waals surface area (Å²) in [6.07, 6.45) is 2.87. The van der Waals surface area contributed by atoms with Crippen molar-refractivity contribution in [2.24, 2.45) is 5.73 Å². The van der Waals surface area contributed by atoms with Crippen LogP contribution in [0.1, 0.15) is 27.9 Å². The first kappa shape index (κ1) is 15.9. The van der Waals surface area contributed by atoms with E-state index < -0.39 is 11.9 Å². The number of hydrogen-bond donors (Lipinski definition) is 1. The van der Waals surface area contributed by atoms with Gasteiger partial charge in [0.05, 0.1) is 12.7 Å². The molecule has 1 aliphatic heterocycles. The Morgan fingerprint density at radius 1 is 1.15 bits per heavy atom. The van der Waals surface area contributed by atoms with E-state index in [1.165, 1.54) is 17.2 Å². The molecule has 1 aliphatic rings. The second-order valence-electron chi connectivity index (χ2n) is 5.94. The van der Waals surface area contributed by atoms with Crippen LogP contribution >= 0.6 is 0 Å². The number of nitrogens with two attached hydrogens (primary N) is 1. The highest BCUT2D eigenvalue weighted by atomic mass is 16.2. The number of aromatic nitrogens is 6. The summed E-state index contributed by atoms with van der Waals surface area (Å²) < 4.78 is 3.19. The number of hydrogen-bond acceptors (Lipinski definition) is 6. The van der Waals surface area contributed by atoms with E-state index in [4.69, 9.17) is 5.73 Å². The fourth-order valence-corrected chi connectivity index (χ4v) is 3.15. The molecule has 0 saturated carbocycles. The third kappa shape index (κ3) is 2.70. The maximum Gasteiger partial charge on any atom is 0.266 e. The van der Waals surface area contributed by atoms with Crippen LogP contribution in [0.15, 0.2) is 42.9 Å². The van der Waals surface area contributed by atoms with Crippen LogP contribution in [0.5, 0.6) is 0 Å². The largest absolute Gasteiger partial charge is 0.364 e. The third-order valence-electron chi connectivity index (χ3n) is 4.41. The number of carbonyl (C=O) groups is 2. The van der Waals surface area contributed by atoms with Crippen LogP contribution in [-0.4, -0.2) is 53.0 Å². The summed E-state index contributed by atoms with van der Waals surface area (Å²) in [5, 5.41) is 11.2. The number of fused-ring (bicyclic) bond motifs is 1. The van der Waals surface area contributed by atoms with E-state index >= 15 is 0 Å². The minimum absolute atomic E-state index is 0.140. The Morgan fingerprint density at radius 2 is 1.96 bits per heavy atom. The number of imidazole rings is 1. The predicted octanol–water partition coefficient (Wildman–Crippen LogP) is -0.400. The highest BCUT2D eigenvalue weighted by Gasteiger charge is 2.32. The average molecular weight is 352 g/mol. The first-order valence-electron chi connectivity index (χ1n) is 8.05. The molecule has 132 valence electrons. The highest BCUT2D eigenvalue weighted by molar-refractivity contribution is 5.91. The first-order valence-corrected chi connectivity index (χ1v) is 8.05. The summed E-state index contributed by atoms with van der Waals surface area (Å²) in [4.78, 5) is 30.6. The lowest BCUT2D eigenvalue weighted by Crippen LogP contribution is -2.43. The molecule has 1 atom stereocenters. The molecule has 26 heavy (non-hydrogen) atoms. The van der Waals surface area contributed by atoms with Gasteiger partial charge in [0.25, 0.3) is 11.8 Å². The van der Waals surface area contributed by atoms with Gasteiger partial charge < -0.3 is 15.2 Å². The van der Waals surface area contributed by atoms with Gasteiger partial charge in [-0.3, -0.25) is 9.59 Å². The van der Waals surface area contributed by atoms with Crippen molar-refractivity contribution < 1.29 is 9.59 Å². The topological polar surface area (TPSA) is 125 Å². The van der Waals surface area contributed by atoms with Gasteiger partial charge in [0.1, 0.15) is 17.8 Å². The maximum atomic E-state index is 13.2. The van der Waals surface area contributed by atoms with Crippen molar-refractivity contribution in [1.29, 1.82) is 0 Å². The molecular weight excluding hydrogens is 336 g/mol. The number of primary amides is 1. The minimum Gasteiger partial charge on any atom is -0.364 e. The second kappa shape index (κ2) is 6.39. The quantitative estimate of drug-likeness (QED) is 0.681. The fourth-order valence-electron chi connectivity index (χ4n) is 3.15. The molecule has 0 radical (unpaired) electrons. The summed E-state index contributed by atoms with van der Waals surface area (Å²) in [5.41, 5.74) is 6.50. The molecular formula is C16H16N8O2. The molecule has 0 fully saturated rings. The first-order chi connectivity index (χ1) is 12.6. The predicted molar refractivity (Wildman–Crippen MR) is 88.6 cm³/mol. The van der Waals surface area contributed by atoms with Crippen molar-refractivity contribution in [3.8, 4) is 0 Å². The molecule has 1 aromatic carbocycles. The van der Waals surface area contributed by atoms with Crippen molar-refractivity contribution in [3.05, 3.63) is 59.9 Å². The normalized spacial score (nSPS) is 14.7. The molecule has 4 rings (SSSR count). The van der Waals surface area contributed by atoms with E-state index in [0.29, 0.717) is 24.6 Å². The lowest BCUT2D eigenvalue weighted by molar-refractivity contribution is -0.135. The molecule has 3 heterocycles. The molecule has 2 N–H and O–H groups in total. The molecule has 10 heteroatoms. The van der Waals surface area contributed by atoms with Gasteiger partial charge in [0, 0.05) is 13.1 Å². The monoisotopic (exact) mass is 352 g/mol. The van der Waals surface area contributed by atoms with Crippen molar-refractivity contribution in [1.82, 2.24) is 34.7 Å². The molecule has 10 nitrogen and oxygen atoms in total. The SMILES string of the molecule is NC(=O)c1cnc2n1CCN(C(=O)C(c1ccccc1)n1cnnn1)C2. The van der Waals surface area contributed by atoms with E-state index in [0.717, 1.165) is 5.56 Å². The standard InChI is InChI=1S/C16H16N8O2/c17-15(25)12-8-18-13-9-22(6-7-23(12)13)16(26)14(24-10-19-20-21-24)11-4-2-1-3-5-11/h1-5,8,10,14H,6-7,9H2,(H2,17,25). The van der Waals surface area contributed by atoms with Gasteiger partial charge in [-0.25, -0.2) is 9.67 Å². The molecule has 2 amide bonds. The average Bonchev–Trinajstić information content (AvgIpc) is 3.32. The van der Waals surface area contributed by atoms with Gasteiger partial charge in [0.15, 0.2) is 6.04 Å². The van der Waals surface area contributed by atoms with Gasteiger partial charge in [-0.05, 0) is 16.0 Å². The molecule has 0 bridgehead atoms. The molecule has 3 aromatic rings. The second-order valence-corrected chi connectivity index (χ2v) is 5.94. The minimum atomic E-state index is -0.664. The van der Waals surface area contributed by atoms with Gasteiger partial charge in [-0.15, -0.1) is 5.10 Å². The Balaban J connectivity index is 1.64. The molecule has 1 unspecified atom stereocenters. The number of nitrogens with zero attached hydrogens (tertiary/aromatic N) is 7. The maximum absolute atomic E-state index is 13.2. The van der Waals surface area contributed by atoms with Crippen LogP contribution in [-0.2, 0) is 17.9 Å². The summed E-state index contributed by atoms with van der Waals surface area (Å²) in [6, 6.07) is 8.67. The van der Waals surface area contributed by atoms with Crippen LogP contribution in [0.25, 0.3) is 0 Å². The number of benzene rings is 1. The van der Waals surface area contributed by atoms with E-state index in [-0.39, 0.29) is 12.5 Å².